The monoisotopic (exact) mass is 652 g/mol. The molecule has 0 amide bonds. The van der Waals surface area contributed by atoms with Crippen molar-refractivity contribution in [3.8, 4) is 0 Å². The first-order chi connectivity index (χ1) is 22.6. The highest BCUT2D eigenvalue weighted by molar-refractivity contribution is 5.69. The maximum Gasteiger partial charge on any atom is 0.306 e. The summed E-state index contributed by atoms with van der Waals surface area (Å²) >= 11 is 0. The average molecular weight is 652 g/mol. The number of carbonyl (C=O) groups is 1. The van der Waals surface area contributed by atoms with E-state index in [0.29, 0.717) is 12.5 Å². The van der Waals surface area contributed by atoms with Crippen LogP contribution in [0.3, 0.4) is 0 Å². The van der Waals surface area contributed by atoms with Gasteiger partial charge in [0.2, 0.25) is 0 Å². The Labute approximate surface area is 290 Å². The van der Waals surface area contributed by atoms with Gasteiger partial charge in [0.1, 0.15) is 6.10 Å². The lowest BCUT2D eigenvalue weighted by Crippen LogP contribution is -2.36. The van der Waals surface area contributed by atoms with Crippen molar-refractivity contribution < 1.29 is 14.6 Å². The molecule has 0 aliphatic heterocycles. The minimum atomic E-state index is 0.0341. The topological polar surface area (TPSA) is 49.8 Å². The van der Waals surface area contributed by atoms with Crippen LogP contribution < -0.4 is 0 Å². The Bertz CT molecular complexity index is 581. The number of hydrogen-bond donors (Lipinski definition) is 1. The Balaban J connectivity index is 4.08. The first kappa shape index (κ1) is 45.4. The number of nitrogens with zero attached hydrogens (tertiary/aromatic N) is 1. The van der Waals surface area contributed by atoms with E-state index in [1.165, 1.54) is 173 Å². The van der Waals surface area contributed by atoms with E-state index in [4.69, 9.17) is 4.74 Å². The fourth-order valence-electron chi connectivity index (χ4n) is 6.89. The van der Waals surface area contributed by atoms with Crippen LogP contribution in [0.2, 0.25) is 0 Å². The largest absolute Gasteiger partial charge is 0.462 e. The summed E-state index contributed by atoms with van der Waals surface area (Å²) < 4.78 is 6.04. The standard InChI is InChI=1S/C42H85NO3/c1-5-8-11-14-17-18-19-20-21-22-27-32-37-43(38-39-44)40(4)33-28-25-26-31-36-42(45)46-41(34-29-23-15-12-9-6-2)35-30-24-16-13-10-7-3/h40-41,44H,5-39H2,1-4H3. The summed E-state index contributed by atoms with van der Waals surface area (Å²) in [5, 5.41) is 9.63. The Morgan fingerprint density at radius 1 is 0.500 bits per heavy atom. The fourth-order valence-corrected chi connectivity index (χ4v) is 6.89. The van der Waals surface area contributed by atoms with Gasteiger partial charge in [0.15, 0.2) is 0 Å². The minimum Gasteiger partial charge on any atom is -0.462 e. The normalized spacial score (nSPS) is 12.4. The molecular weight excluding hydrogens is 566 g/mol. The number of hydrogen-bond acceptors (Lipinski definition) is 4. The van der Waals surface area contributed by atoms with Gasteiger partial charge in [-0.2, -0.15) is 0 Å². The third-order valence-corrected chi connectivity index (χ3v) is 10.1. The molecule has 0 saturated carbocycles. The van der Waals surface area contributed by atoms with Crippen molar-refractivity contribution in [2.45, 2.75) is 245 Å². The second-order valence-electron chi connectivity index (χ2n) is 14.7. The van der Waals surface area contributed by atoms with Gasteiger partial charge in [-0.05, 0) is 58.4 Å². The zero-order valence-corrected chi connectivity index (χ0v) is 32.1. The van der Waals surface area contributed by atoms with Crippen LogP contribution in [0.25, 0.3) is 0 Å². The van der Waals surface area contributed by atoms with Crippen molar-refractivity contribution in [1.29, 1.82) is 0 Å². The summed E-state index contributed by atoms with van der Waals surface area (Å²) in [6.07, 6.45) is 40.6. The summed E-state index contributed by atoms with van der Waals surface area (Å²) in [6.45, 7) is 11.3. The van der Waals surface area contributed by atoms with E-state index in [2.05, 4.69) is 32.6 Å². The number of carbonyl (C=O) groups excluding carboxylic acids is 1. The molecule has 1 atom stereocenters. The van der Waals surface area contributed by atoms with Crippen molar-refractivity contribution in [3.05, 3.63) is 0 Å². The van der Waals surface area contributed by atoms with Gasteiger partial charge in [-0.3, -0.25) is 9.69 Å². The van der Waals surface area contributed by atoms with E-state index >= 15 is 0 Å². The summed E-state index contributed by atoms with van der Waals surface area (Å²) in [4.78, 5) is 15.2. The predicted octanol–water partition coefficient (Wildman–Crippen LogP) is 13.1. The minimum absolute atomic E-state index is 0.0341. The predicted molar refractivity (Wildman–Crippen MR) is 203 cm³/mol. The third kappa shape index (κ3) is 32.0. The Morgan fingerprint density at radius 2 is 0.870 bits per heavy atom. The SMILES string of the molecule is CCCCCCCCCCCCCCN(CCO)C(C)CCCCCCC(=O)OC(CCCCCCCC)CCCCCCCC. The molecule has 0 bridgehead atoms. The number of rotatable bonds is 38. The summed E-state index contributed by atoms with van der Waals surface area (Å²) in [6, 6.07) is 0.523. The molecule has 0 spiro atoms. The van der Waals surface area contributed by atoms with Crippen LogP contribution in [-0.4, -0.2) is 47.8 Å². The van der Waals surface area contributed by atoms with Crippen LogP contribution in [0.5, 0.6) is 0 Å². The molecule has 0 saturated heterocycles. The van der Waals surface area contributed by atoms with Crippen molar-refractivity contribution in [3.63, 3.8) is 0 Å². The number of aliphatic hydroxyl groups is 1. The Morgan fingerprint density at radius 3 is 1.30 bits per heavy atom. The summed E-state index contributed by atoms with van der Waals surface area (Å²) in [5.41, 5.74) is 0. The molecule has 0 fully saturated rings. The molecule has 0 heterocycles. The lowest BCUT2D eigenvalue weighted by atomic mass is 10.0. The van der Waals surface area contributed by atoms with Crippen LogP contribution in [0, 0.1) is 0 Å². The highest BCUT2D eigenvalue weighted by atomic mass is 16.5. The Hall–Kier alpha value is -0.610. The van der Waals surface area contributed by atoms with Crippen molar-refractivity contribution >= 4 is 5.97 Å². The van der Waals surface area contributed by atoms with Gasteiger partial charge < -0.3 is 9.84 Å². The Kier molecular flexibility index (Phi) is 36.7. The zero-order chi connectivity index (χ0) is 33.8. The highest BCUT2D eigenvalue weighted by Crippen LogP contribution is 2.19. The molecule has 1 unspecified atom stereocenters. The molecule has 0 radical (unpaired) electrons. The van der Waals surface area contributed by atoms with Crippen LogP contribution in [0.1, 0.15) is 233 Å². The molecule has 0 aliphatic carbocycles. The molecule has 4 heteroatoms. The number of unbranched alkanes of at least 4 members (excludes halogenated alkanes) is 24. The van der Waals surface area contributed by atoms with Crippen molar-refractivity contribution in [2.75, 3.05) is 19.7 Å². The van der Waals surface area contributed by atoms with E-state index in [1.54, 1.807) is 0 Å². The first-order valence-electron chi connectivity index (χ1n) is 21.1. The van der Waals surface area contributed by atoms with Gasteiger partial charge in [0, 0.05) is 19.0 Å². The van der Waals surface area contributed by atoms with Gasteiger partial charge in [-0.1, -0.05) is 175 Å². The molecule has 276 valence electrons. The third-order valence-electron chi connectivity index (χ3n) is 10.1. The molecule has 0 aromatic heterocycles. The fraction of sp³-hybridized carbons (Fsp3) is 0.976. The first-order valence-corrected chi connectivity index (χ1v) is 21.1. The van der Waals surface area contributed by atoms with E-state index in [9.17, 15) is 9.90 Å². The van der Waals surface area contributed by atoms with E-state index in [1.807, 2.05) is 0 Å². The number of aliphatic hydroxyl groups excluding tert-OH is 1. The van der Waals surface area contributed by atoms with Crippen LogP contribution >= 0.6 is 0 Å². The molecule has 0 aromatic carbocycles. The molecule has 0 aliphatic rings. The molecule has 0 aromatic rings. The highest BCUT2D eigenvalue weighted by Gasteiger charge is 2.15. The quantitative estimate of drug-likeness (QED) is 0.0533. The molecule has 1 N–H and O–H groups in total. The van der Waals surface area contributed by atoms with E-state index < -0.39 is 0 Å². The number of ether oxygens (including phenoxy) is 1. The molecule has 0 rings (SSSR count). The summed E-state index contributed by atoms with van der Waals surface area (Å²) in [7, 11) is 0. The maximum atomic E-state index is 12.7. The van der Waals surface area contributed by atoms with E-state index in [0.717, 1.165) is 38.8 Å². The molecule has 46 heavy (non-hydrogen) atoms. The van der Waals surface area contributed by atoms with E-state index in [-0.39, 0.29) is 18.7 Å². The van der Waals surface area contributed by atoms with Gasteiger partial charge in [0.25, 0.3) is 0 Å². The van der Waals surface area contributed by atoms with Crippen molar-refractivity contribution in [1.82, 2.24) is 4.90 Å². The molecule has 4 nitrogen and oxygen atoms in total. The van der Waals surface area contributed by atoms with Crippen LogP contribution in [-0.2, 0) is 9.53 Å². The lowest BCUT2D eigenvalue weighted by molar-refractivity contribution is -0.150. The van der Waals surface area contributed by atoms with Gasteiger partial charge in [-0.25, -0.2) is 0 Å². The number of esters is 1. The smallest absolute Gasteiger partial charge is 0.306 e. The zero-order valence-electron chi connectivity index (χ0n) is 32.1. The van der Waals surface area contributed by atoms with Crippen LogP contribution in [0.15, 0.2) is 0 Å². The molecular formula is C42H85NO3. The second-order valence-corrected chi connectivity index (χ2v) is 14.7. The summed E-state index contributed by atoms with van der Waals surface area (Å²) in [5.74, 6) is 0.0341. The average Bonchev–Trinajstić information content (AvgIpc) is 3.05. The maximum absolute atomic E-state index is 12.7. The van der Waals surface area contributed by atoms with Crippen molar-refractivity contribution in [2.24, 2.45) is 0 Å². The van der Waals surface area contributed by atoms with Gasteiger partial charge in [0.05, 0.1) is 6.61 Å². The second kappa shape index (κ2) is 37.2. The lowest BCUT2D eigenvalue weighted by Gasteiger charge is -2.28. The van der Waals surface area contributed by atoms with Gasteiger partial charge in [-0.15, -0.1) is 0 Å². The van der Waals surface area contributed by atoms with Crippen LogP contribution in [0.4, 0.5) is 0 Å². The van der Waals surface area contributed by atoms with Gasteiger partial charge >= 0.3 is 5.97 Å².